The van der Waals surface area contributed by atoms with Crippen LogP contribution in [0, 0.1) is 63.6 Å². The number of fused-ring (bicyclic) bond motifs is 5. The molecule has 0 spiro atoms. The highest BCUT2D eigenvalue weighted by Gasteiger charge is 2.59. The Balaban J connectivity index is 1.44. The molecule has 0 saturated heterocycles. The Morgan fingerprint density at radius 3 is 2.36 bits per heavy atom. The molecule has 4 aliphatic carbocycles. The molecule has 206 valence electrons. The molecule has 3 fully saturated rings. The first-order chi connectivity index (χ1) is 16.8. The van der Waals surface area contributed by atoms with Gasteiger partial charge in [-0.15, -0.1) is 0 Å². The first kappa shape index (κ1) is 28.4. The molecule has 0 aromatic heterocycles. The summed E-state index contributed by atoms with van der Waals surface area (Å²) in [6.45, 7) is 21.5. The average Bonchev–Trinajstić information content (AvgIpc) is 3.16. The van der Waals surface area contributed by atoms with E-state index >= 15 is 0 Å². The molecule has 36 heavy (non-hydrogen) atoms. The highest BCUT2D eigenvalue weighted by molar-refractivity contribution is 5.83. The van der Waals surface area contributed by atoms with Crippen molar-refractivity contribution < 1.29 is 4.79 Å². The largest absolute Gasteiger partial charge is 0.299 e. The van der Waals surface area contributed by atoms with Gasteiger partial charge in [0.2, 0.25) is 0 Å². The van der Waals surface area contributed by atoms with Crippen molar-refractivity contribution in [3.8, 4) is 0 Å². The van der Waals surface area contributed by atoms with E-state index in [0.29, 0.717) is 22.5 Å². The standard InChI is InChI=1S/C35H60O/c1-10-26(23(2)3)12-11-24(4)29-15-16-30-28-14-13-27-21-25(22-32(36)33(5,6)7)17-19-34(27,8)31(28)18-20-35(29,30)9/h13,23-26,28-31H,10-12,14-22H2,1-9H3. The number of hydrogen-bond acceptors (Lipinski definition) is 1. The number of allylic oxidation sites excluding steroid dienone is 2. The van der Waals surface area contributed by atoms with Gasteiger partial charge in [-0.1, -0.05) is 86.8 Å². The van der Waals surface area contributed by atoms with Crippen LogP contribution in [0.4, 0.5) is 0 Å². The molecule has 0 amide bonds. The predicted molar refractivity (Wildman–Crippen MR) is 155 cm³/mol. The second-order valence-corrected chi connectivity index (χ2v) is 15.9. The summed E-state index contributed by atoms with van der Waals surface area (Å²) in [4.78, 5) is 12.8. The second-order valence-electron chi connectivity index (χ2n) is 15.9. The van der Waals surface area contributed by atoms with Crippen molar-refractivity contribution in [1.29, 1.82) is 0 Å². The number of carbonyl (C=O) groups is 1. The topological polar surface area (TPSA) is 17.1 Å². The fourth-order valence-corrected chi connectivity index (χ4v) is 10.1. The lowest BCUT2D eigenvalue weighted by Crippen LogP contribution is -2.50. The van der Waals surface area contributed by atoms with E-state index < -0.39 is 0 Å². The van der Waals surface area contributed by atoms with Crippen molar-refractivity contribution in [1.82, 2.24) is 0 Å². The first-order valence-corrected chi connectivity index (χ1v) is 16.0. The third kappa shape index (κ3) is 5.17. The number of carbonyl (C=O) groups excluding carboxylic acids is 1. The third-order valence-corrected chi connectivity index (χ3v) is 12.7. The van der Waals surface area contributed by atoms with Gasteiger partial charge >= 0.3 is 0 Å². The molecule has 9 unspecified atom stereocenters. The van der Waals surface area contributed by atoms with Crippen LogP contribution in [-0.2, 0) is 4.79 Å². The zero-order valence-corrected chi connectivity index (χ0v) is 25.6. The van der Waals surface area contributed by atoms with E-state index in [1.54, 1.807) is 5.57 Å². The van der Waals surface area contributed by atoms with Crippen LogP contribution >= 0.6 is 0 Å². The Labute approximate surface area is 225 Å². The van der Waals surface area contributed by atoms with Crippen LogP contribution in [0.3, 0.4) is 0 Å². The lowest BCUT2D eigenvalue weighted by atomic mass is 9.46. The summed E-state index contributed by atoms with van der Waals surface area (Å²) in [7, 11) is 0. The Morgan fingerprint density at radius 1 is 1.00 bits per heavy atom. The number of Topliss-reactive ketones (excluding diaryl/α,β-unsaturated/α-hetero) is 1. The predicted octanol–water partition coefficient (Wildman–Crippen LogP) is 10.3. The lowest BCUT2D eigenvalue weighted by molar-refractivity contribution is -0.127. The van der Waals surface area contributed by atoms with Crippen LogP contribution in [0.5, 0.6) is 0 Å². The van der Waals surface area contributed by atoms with E-state index in [-0.39, 0.29) is 5.41 Å². The van der Waals surface area contributed by atoms with Crippen LogP contribution in [0.15, 0.2) is 11.6 Å². The van der Waals surface area contributed by atoms with E-state index in [0.717, 1.165) is 47.8 Å². The third-order valence-electron chi connectivity index (χ3n) is 12.7. The van der Waals surface area contributed by atoms with Gasteiger partial charge in [0.05, 0.1) is 0 Å². The fraction of sp³-hybridized carbons (Fsp3) is 0.914. The molecule has 0 heterocycles. The second kappa shape index (κ2) is 10.5. The summed E-state index contributed by atoms with van der Waals surface area (Å²) in [6.07, 6.45) is 18.7. The molecular formula is C35H60O. The summed E-state index contributed by atoms with van der Waals surface area (Å²) in [5.74, 6) is 7.32. The first-order valence-electron chi connectivity index (χ1n) is 16.0. The molecule has 0 aromatic carbocycles. The maximum absolute atomic E-state index is 12.8. The molecule has 0 radical (unpaired) electrons. The van der Waals surface area contributed by atoms with Gasteiger partial charge in [0.1, 0.15) is 5.78 Å². The minimum Gasteiger partial charge on any atom is -0.299 e. The van der Waals surface area contributed by atoms with Gasteiger partial charge in [0.15, 0.2) is 0 Å². The van der Waals surface area contributed by atoms with Crippen LogP contribution in [0.1, 0.15) is 139 Å². The molecular weight excluding hydrogens is 436 g/mol. The summed E-state index contributed by atoms with van der Waals surface area (Å²) in [5, 5.41) is 0. The van der Waals surface area contributed by atoms with Gasteiger partial charge in [0, 0.05) is 11.8 Å². The van der Waals surface area contributed by atoms with Crippen LogP contribution in [0.2, 0.25) is 0 Å². The van der Waals surface area contributed by atoms with Crippen molar-refractivity contribution in [2.75, 3.05) is 0 Å². The summed E-state index contributed by atoms with van der Waals surface area (Å²) in [5.41, 5.74) is 2.52. The smallest absolute Gasteiger partial charge is 0.138 e. The summed E-state index contributed by atoms with van der Waals surface area (Å²) in [6, 6.07) is 0. The highest BCUT2D eigenvalue weighted by Crippen LogP contribution is 2.67. The lowest BCUT2D eigenvalue weighted by Gasteiger charge is -2.58. The van der Waals surface area contributed by atoms with Gasteiger partial charge in [0.25, 0.3) is 0 Å². The van der Waals surface area contributed by atoms with E-state index in [1.807, 2.05) is 0 Å². The zero-order valence-electron chi connectivity index (χ0n) is 25.6. The maximum atomic E-state index is 12.8. The van der Waals surface area contributed by atoms with Crippen LogP contribution in [-0.4, -0.2) is 5.78 Å². The Bertz CT molecular complexity index is 813. The van der Waals surface area contributed by atoms with Crippen molar-refractivity contribution >= 4 is 5.78 Å². The number of hydrogen-bond donors (Lipinski definition) is 0. The van der Waals surface area contributed by atoms with Crippen LogP contribution < -0.4 is 0 Å². The van der Waals surface area contributed by atoms with E-state index in [1.165, 1.54) is 70.6 Å². The van der Waals surface area contributed by atoms with Gasteiger partial charge in [-0.3, -0.25) is 4.79 Å². The molecule has 4 rings (SSSR count). The van der Waals surface area contributed by atoms with Crippen molar-refractivity contribution in [2.45, 2.75) is 139 Å². The van der Waals surface area contributed by atoms with E-state index in [9.17, 15) is 4.79 Å². The summed E-state index contributed by atoms with van der Waals surface area (Å²) >= 11 is 0. The molecule has 1 nitrogen and oxygen atoms in total. The molecule has 9 atom stereocenters. The molecule has 0 aromatic rings. The number of ketones is 1. The minimum atomic E-state index is -0.191. The van der Waals surface area contributed by atoms with E-state index in [4.69, 9.17) is 0 Å². The zero-order chi connectivity index (χ0) is 26.5. The van der Waals surface area contributed by atoms with Gasteiger partial charge in [-0.25, -0.2) is 0 Å². The van der Waals surface area contributed by atoms with Crippen LogP contribution in [0.25, 0.3) is 0 Å². The van der Waals surface area contributed by atoms with Gasteiger partial charge < -0.3 is 0 Å². The minimum absolute atomic E-state index is 0.191. The quantitative estimate of drug-likeness (QED) is 0.305. The van der Waals surface area contributed by atoms with E-state index in [2.05, 4.69) is 68.4 Å². The highest BCUT2D eigenvalue weighted by atomic mass is 16.1. The monoisotopic (exact) mass is 496 g/mol. The summed E-state index contributed by atoms with van der Waals surface area (Å²) < 4.78 is 0. The average molecular weight is 497 g/mol. The molecule has 0 N–H and O–H groups in total. The Morgan fingerprint density at radius 2 is 1.72 bits per heavy atom. The molecule has 0 aliphatic heterocycles. The molecule has 1 heteroatoms. The normalized spacial score (nSPS) is 40.2. The maximum Gasteiger partial charge on any atom is 0.138 e. The van der Waals surface area contributed by atoms with Crippen molar-refractivity contribution in [3.63, 3.8) is 0 Å². The fourth-order valence-electron chi connectivity index (χ4n) is 10.1. The Kier molecular flexibility index (Phi) is 8.31. The Hall–Kier alpha value is -0.590. The molecule has 0 bridgehead atoms. The van der Waals surface area contributed by atoms with Crippen molar-refractivity contribution in [3.05, 3.63) is 11.6 Å². The van der Waals surface area contributed by atoms with Gasteiger partial charge in [-0.2, -0.15) is 0 Å². The molecule has 4 aliphatic rings. The van der Waals surface area contributed by atoms with Gasteiger partial charge in [-0.05, 0) is 116 Å². The van der Waals surface area contributed by atoms with Crippen molar-refractivity contribution in [2.24, 2.45) is 63.6 Å². The molecule has 3 saturated carbocycles. The number of rotatable bonds is 8. The SMILES string of the molecule is CCC(CCC(C)C1CCC2C3CC=C4CC(CC(=O)C(C)(C)C)CCC4(C)C3CCC12C)C(C)C.